The topological polar surface area (TPSA) is 64.7 Å². The van der Waals surface area contributed by atoms with E-state index in [0.717, 1.165) is 17.4 Å². The van der Waals surface area contributed by atoms with Gasteiger partial charge in [-0.25, -0.2) is 0 Å². The molecule has 152 valence electrons. The fourth-order valence-corrected chi connectivity index (χ4v) is 4.31. The number of benzene rings is 1. The molecule has 0 radical (unpaired) electrons. The first-order valence-corrected chi connectivity index (χ1v) is 10.8. The summed E-state index contributed by atoms with van der Waals surface area (Å²) in [4.78, 5) is 15.7. The average Bonchev–Trinajstić information content (AvgIpc) is 3.10. The fourth-order valence-electron chi connectivity index (χ4n) is 3.46. The number of ether oxygens (including phenoxy) is 1. The second-order valence-corrected chi connectivity index (χ2v) is 8.18. The van der Waals surface area contributed by atoms with Crippen molar-refractivity contribution < 1.29 is 14.4 Å². The van der Waals surface area contributed by atoms with Gasteiger partial charge in [0.15, 0.2) is 11.0 Å². The van der Waals surface area contributed by atoms with Gasteiger partial charge in [0.2, 0.25) is 5.91 Å². The Balaban J connectivity index is 1.79. The first-order chi connectivity index (χ1) is 13.6. The Kier molecular flexibility index (Phi) is 7.47. The van der Waals surface area contributed by atoms with Crippen LogP contribution in [0.4, 0.5) is 0 Å². The van der Waals surface area contributed by atoms with Gasteiger partial charge in [-0.15, -0.1) is 10.2 Å². The van der Waals surface area contributed by atoms with Crippen LogP contribution in [0.25, 0.3) is 0 Å². The minimum absolute atomic E-state index is 0.134. The van der Waals surface area contributed by atoms with Crippen LogP contribution in [0.3, 0.4) is 0 Å². The van der Waals surface area contributed by atoms with Crippen molar-refractivity contribution in [2.75, 3.05) is 46.2 Å². The summed E-state index contributed by atoms with van der Waals surface area (Å²) in [6, 6.07) is 10.6. The van der Waals surface area contributed by atoms with Crippen molar-refractivity contribution in [1.29, 1.82) is 0 Å². The quantitative estimate of drug-likeness (QED) is 0.662. The molecule has 8 heteroatoms. The number of aromatic nitrogens is 3. The smallest absolute Gasteiger partial charge is 0.233 e. The molecule has 1 N–H and O–H groups in total. The molecule has 7 nitrogen and oxygen atoms in total. The summed E-state index contributed by atoms with van der Waals surface area (Å²) < 4.78 is 7.51. The number of hydrogen-bond acceptors (Lipinski definition) is 5. The average molecular weight is 405 g/mol. The summed E-state index contributed by atoms with van der Waals surface area (Å²) >= 11 is 1.48. The van der Waals surface area contributed by atoms with Gasteiger partial charge in [0.1, 0.15) is 6.04 Å². The summed E-state index contributed by atoms with van der Waals surface area (Å²) in [5.41, 5.74) is 1.20. The molecule has 1 amide bonds. The van der Waals surface area contributed by atoms with E-state index in [1.807, 2.05) is 23.1 Å². The van der Waals surface area contributed by atoms with Gasteiger partial charge in [-0.05, 0) is 5.56 Å². The Morgan fingerprint density at radius 2 is 1.93 bits per heavy atom. The summed E-state index contributed by atoms with van der Waals surface area (Å²) in [6.45, 7) is 5.46. The minimum Gasteiger partial charge on any atom is -0.378 e. The Morgan fingerprint density at radius 1 is 1.21 bits per heavy atom. The van der Waals surface area contributed by atoms with E-state index in [0.29, 0.717) is 38.6 Å². The third-order valence-electron chi connectivity index (χ3n) is 5.03. The highest BCUT2D eigenvalue weighted by Gasteiger charge is 2.26. The molecule has 1 aliphatic rings. The molecule has 0 unspecified atom stereocenters. The number of nitrogens with zero attached hydrogens (tertiary/aromatic N) is 4. The van der Waals surface area contributed by atoms with Crippen LogP contribution in [0.15, 0.2) is 35.5 Å². The molecule has 1 saturated heterocycles. The standard InChI is InChI=1S/C20H29N5O2S/c1-4-17(23(2)3)19-21-22-20(25(19)14-16-8-6-5-7-9-16)28-15-18(26)24-10-12-27-13-11-24/h5-9,17H,4,10-15H2,1-3H3/p+1/t17-/m1/s1. The third kappa shape index (κ3) is 5.12. The molecule has 1 aliphatic heterocycles. The minimum atomic E-state index is 0.134. The maximum absolute atomic E-state index is 12.5. The normalized spacial score (nSPS) is 15.8. The largest absolute Gasteiger partial charge is 0.378 e. The van der Waals surface area contributed by atoms with Crippen LogP contribution in [-0.4, -0.2) is 71.7 Å². The van der Waals surface area contributed by atoms with Gasteiger partial charge in [-0.3, -0.25) is 9.36 Å². The zero-order valence-corrected chi connectivity index (χ0v) is 17.7. The predicted octanol–water partition coefficient (Wildman–Crippen LogP) is 0.873. The summed E-state index contributed by atoms with van der Waals surface area (Å²) in [5, 5.41) is 9.78. The van der Waals surface area contributed by atoms with Crippen LogP contribution in [0, 0.1) is 0 Å². The monoisotopic (exact) mass is 404 g/mol. The molecule has 0 bridgehead atoms. The molecule has 0 saturated carbocycles. The van der Waals surface area contributed by atoms with E-state index in [2.05, 4.69) is 47.9 Å². The van der Waals surface area contributed by atoms with Gasteiger partial charge < -0.3 is 14.5 Å². The number of morpholine rings is 1. The Bertz CT molecular complexity index is 759. The lowest BCUT2D eigenvalue weighted by atomic mass is 10.2. The number of carbonyl (C=O) groups excluding carboxylic acids is 1. The van der Waals surface area contributed by atoms with Crippen molar-refractivity contribution in [3.05, 3.63) is 41.7 Å². The number of hydrogen-bond donors (Lipinski definition) is 1. The SMILES string of the molecule is CC[C@H](c1nnc(SCC(=O)N2CCOCC2)n1Cc1ccccc1)[NH+](C)C. The van der Waals surface area contributed by atoms with Crippen LogP contribution in [0.1, 0.15) is 30.8 Å². The number of thioether (sulfide) groups is 1. The van der Waals surface area contributed by atoms with Gasteiger partial charge in [-0.2, -0.15) is 0 Å². The Hall–Kier alpha value is -1.90. The molecule has 28 heavy (non-hydrogen) atoms. The van der Waals surface area contributed by atoms with Crippen molar-refractivity contribution in [2.24, 2.45) is 0 Å². The summed E-state index contributed by atoms with van der Waals surface area (Å²) in [7, 11) is 4.29. The van der Waals surface area contributed by atoms with Gasteiger partial charge in [0.05, 0.1) is 39.6 Å². The molecule has 0 spiro atoms. The van der Waals surface area contributed by atoms with Crippen LogP contribution in [0.2, 0.25) is 0 Å². The van der Waals surface area contributed by atoms with Crippen LogP contribution >= 0.6 is 11.8 Å². The molecule has 1 aromatic carbocycles. The van der Waals surface area contributed by atoms with E-state index in [4.69, 9.17) is 4.74 Å². The molecule has 1 fully saturated rings. The molecule has 1 atom stereocenters. The fraction of sp³-hybridized carbons (Fsp3) is 0.550. The Labute approximate surface area is 171 Å². The van der Waals surface area contributed by atoms with Gasteiger partial charge in [0.25, 0.3) is 0 Å². The lowest BCUT2D eigenvalue weighted by molar-refractivity contribution is -0.893. The highest BCUT2D eigenvalue weighted by Crippen LogP contribution is 2.23. The van der Waals surface area contributed by atoms with E-state index in [-0.39, 0.29) is 11.9 Å². The Morgan fingerprint density at radius 3 is 2.57 bits per heavy atom. The second kappa shape index (κ2) is 10.0. The molecular formula is C20H30N5O2S+. The van der Waals surface area contributed by atoms with Crippen LogP contribution in [0.5, 0.6) is 0 Å². The first kappa shape index (κ1) is 20.8. The summed E-state index contributed by atoms with van der Waals surface area (Å²) in [5.74, 6) is 1.49. The zero-order chi connectivity index (χ0) is 19.9. The second-order valence-electron chi connectivity index (χ2n) is 7.23. The lowest BCUT2D eigenvalue weighted by Crippen LogP contribution is -3.06. The van der Waals surface area contributed by atoms with Crippen molar-refractivity contribution in [3.63, 3.8) is 0 Å². The predicted molar refractivity (Wildman–Crippen MR) is 110 cm³/mol. The number of rotatable bonds is 8. The lowest BCUT2D eigenvalue weighted by Gasteiger charge is -2.26. The number of amides is 1. The molecular weight excluding hydrogens is 374 g/mol. The van der Waals surface area contributed by atoms with E-state index in [1.165, 1.54) is 22.2 Å². The van der Waals surface area contributed by atoms with Crippen LogP contribution < -0.4 is 4.90 Å². The number of quaternary nitrogens is 1. The van der Waals surface area contributed by atoms with E-state index in [9.17, 15) is 4.79 Å². The number of carbonyl (C=O) groups is 1. The van der Waals surface area contributed by atoms with E-state index < -0.39 is 0 Å². The first-order valence-electron chi connectivity index (χ1n) is 9.85. The molecule has 2 heterocycles. The summed E-state index contributed by atoms with van der Waals surface area (Å²) in [6.07, 6.45) is 0.979. The van der Waals surface area contributed by atoms with Gasteiger partial charge >= 0.3 is 0 Å². The highest BCUT2D eigenvalue weighted by molar-refractivity contribution is 7.99. The highest BCUT2D eigenvalue weighted by atomic mass is 32.2. The van der Waals surface area contributed by atoms with Crippen molar-refractivity contribution in [3.8, 4) is 0 Å². The van der Waals surface area contributed by atoms with Crippen molar-refractivity contribution in [2.45, 2.75) is 31.1 Å². The maximum atomic E-state index is 12.5. The van der Waals surface area contributed by atoms with E-state index >= 15 is 0 Å². The number of nitrogens with one attached hydrogen (secondary N) is 1. The van der Waals surface area contributed by atoms with Gasteiger partial charge in [0, 0.05) is 19.5 Å². The molecule has 0 aliphatic carbocycles. The molecule has 3 rings (SSSR count). The van der Waals surface area contributed by atoms with Crippen LogP contribution in [-0.2, 0) is 16.1 Å². The van der Waals surface area contributed by atoms with Crippen molar-refractivity contribution in [1.82, 2.24) is 19.7 Å². The maximum Gasteiger partial charge on any atom is 0.233 e. The molecule has 1 aromatic heterocycles. The zero-order valence-electron chi connectivity index (χ0n) is 16.9. The van der Waals surface area contributed by atoms with Gasteiger partial charge in [-0.1, -0.05) is 49.0 Å². The third-order valence-corrected chi connectivity index (χ3v) is 5.99. The van der Waals surface area contributed by atoms with E-state index in [1.54, 1.807) is 0 Å². The van der Waals surface area contributed by atoms with Crippen molar-refractivity contribution >= 4 is 17.7 Å². The molecule has 2 aromatic rings.